The Kier molecular flexibility index (Phi) is 5.21. The molecule has 0 aliphatic rings. The first-order valence-electron chi connectivity index (χ1n) is 7.11. The third-order valence-electron chi connectivity index (χ3n) is 3.67. The van der Waals surface area contributed by atoms with Gasteiger partial charge in [-0.2, -0.15) is 0 Å². The van der Waals surface area contributed by atoms with Crippen molar-refractivity contribution in [2.24, 2.45) is 0 Å². The minimum absolute atomic E-state index is 0.246. The van der Waals surface area contributed by atoms with E-state index in [9.17, 15) is 0 Å². The summed E-state index contributed by atoms with van der Waals surface area (Å²) in [6, 6.07) is 12.5. The molecule has 3 nitrogen and oxygen atoms in total. The van der Waals surface area contributed by atoms with Gasteiger partial charge in [-0.1, -0.05) is 23.7 Å². The topological polar surface area (TPSA) is 28.2 Å². The molecule has 1 aromatic heterocycles. The van der Waals surface area contributed by atoms with E-state index >= 15 is 0 Å². The van der Waals surface area contributed by atoms with Gasteiger partial charge in [0.15, 0.2) is 0 Å². The Labute approximate surface area is 132 Å². The van der Waals surface area contributed by atoms with E-state index in [-0.39, 0.29) is 6.04 Å². The zero-order chi connectivity index (χ0) is 15.4. The maximum absolute atomic E-state index is 6.39. The lowest BCUT2D eigenvalue weighted by molar-refractivity contribution is 0.652. The van der Waals surface area contributed by atoms with Crippen molar-refractivity contribution in [3.8, 4) is 0 Å². The van der Waals surface area contributed by atoms with Gasteiger partial charge in [-0.3, -0.25) is 4.98 Å². The molecular formula is C17H22ClN3. The maximum atomic E-state index is 6.39. The molecule has 0 bridgehead atoms. The summed E-state index contributed by atoms with van der Waals surface area (Å²) in [5.41, 5.74) is 4.30. The Balaban J connectivity index is 2.16. The number of anilines is 1. The van der Waals surface area contributed by atoms with Crippen molar-refractivity contribution < 1.29 is 0 Å². The van der Waals surface area contributed by atoms with Crippen molar-refractivity contribution in [2.45, 2.75) is 26.4 Å². The number of pyridine rings is 1. The van der Waals surface area contributed by atoms with Crippen LogP contribution < -0.4 is 10.2 Å². The van der Waals surface area contributed by atoms with E-state index in [4.69, 9.17) is 11.6 Å². The zero-order valence-corrected chi connectivity index (χ0v) is 13.8. The summed E-state index contributed by atoms with van der Waals surface area (Å²) < 4.78 is 0. The number of aryl methyl sites for hydroxylation is 1. The second kappa shape index (κ2) is 6.92. The number of halogens is 1. The number of aromatic nitrogens is 1. The maximum Gasteiger partial charge on any atom is 0.0600 e. The monoisotopic (exact) mass is 303 g/mol. The molecule has 112 valence electrons. The lowest BCUT2D eigenvalue weighted by Crippen LogP contribution is -2.18. The molecule has 1 atom stereocenters. The fourth-order valence-electron chi connectivity index (χ4n) is 2.28. The highest BCUT2D eigenvalue weighted by molar-refractivity contribution is 6.31. The van der Waals surface area contributed by atoms with E-state index in [0.717, 1.165) is 34.2 Å². The summed E-state index contributed by atoms with van der Waals surface area (Å²) in [5.74, 6) is 0. The molecule has 0 saturated carbocycles. The van der Waals surface area contributed by atoms with Crippen LogP contribution >= 0.6 is 11.6 Å². The van der Waals surface area contributed by atoms with Crippen LogP contribution in [0.3, 0.4) is 0 Å². The molecule has 0 spiro atoms. The smallest absolute Gasteiger partial charge is 0.0600 e. The molecule has 0 aliphatic heterocycles. The van der Waals surface area contributed by atoms with Gasteiger partial charge in [0.25, 0.3) is 0 Å². The van der Waals surface area contributed by atoms with Crippen LogP contribution in [0.5, 0.6) is 0 Å². The van der Waals surface area contributed by atoms with Crippen LogP contribution in [0, 0.1) is 6.92 Å². The molecule has 4 heteroatoms. The summed E-state index contributed by atoms with van der Waals surface area (Å²) in [6.07, 6.45) is 0. The van der Waals surface area contributed by atoms with Crippen LogP contribution in [0.25, 0.3) is 0 Å². The average Bonchev–Trinajstić information content (AvgIpc) is 2.46. The zero-order valence-electron chi connectivity index (χ0n) is 13.0. The lowest BCUT2D eigenvalue weighted by Gasteiger charge is -2.21. The predicted octanol–water partition coefficient (Wildman–Crippen LogP) is 3.96. The molecule has 1 unspecified atom stereocenters. The molecule has 0 fully saturated rings. The van der Waals surface area contributed by atoms with Crippen LogP contribution in [0.2, 0.25) is 5.02 Å². The van der Waals surface area contributed by atoms with E-state index in [1.165, 1.54) is 0 Å². The Morgan fingerprint density at radius 2 is 2.05 bits per heavy atom. The Bertz CT molecular complexity index is 613. The van der Waals surface area contributed by atoms with E-state index in [1.807, 2.05) is 38.2 Å². The van der Waals surface area contributed by atoms with Gasteiger partial charge in [-0.15, -0.1) is 0 Å². The fourth-order valence-corrected chi connectivity index (χ4v) is 2.62. The van der Waals surface area contributed by atoms with Crippen LogP contribution in [0.4, 0.5) is 5.69 Å². The van der Waals surface area contributed by atoms with Gasteiger partial charge in [-0.25, -0.2) is 0 Å². The molecule has 2 aromatic rings. The van der Waals surface area contributed by atoms with Gasteiger partial charge in [0.2, 0.25) is 0 Å². The molecule has 1 heterocycles. The highest BCUT2D eigenvalue weighted by atomic mass is 35.5. The summed E-state index contributed by atoms with van der Waals surface area (Å²) >= 11 is 6.39. The van der Waals surface area contributed by atoms with Gasteiger partial charge in [0.1, 0.15) is 0 Å². The van der Waals surface area contributed by atoms with Crippen molar-refractivity contribution >= 4 is 17.3 Å². The van der Waals surface area contributed by atoms with Crippen molar-refractivity contribution in [3.05, 3.63) is 58.4 Å². The molecular weight excluding hydrogens is 282 g/mol. The molecule has 0 amide bonds. The minimum atomic E-state index is 0.246. The Morgan fingerprint density at radius 3 is 2.67 bits per heavy atom. The number of hydrogen-bond donors (Lipinski definition) is 1. The predicted molar refractivity (Wildman–Crippen MR) is 90.0 cm³/mol. The molecule has 1 N–H and O–H groups in total. The first-order chi connectivity index (χ1) is 10.0. The second-order valence-corrected chi connectivity index (χ2v) is 5.75. The van der Waals surface area contributed by atoms with Crippen molar-refractivity contribution in [1.82, 2.24) is 10.3 Å². The fraction of sp³-hybridized carbons (Fsp3) is 0.353. The number of hydrogen-bond acceptors (Lipinski definition) is 3. The van der Waals surface area contributed by atoms with Crippen LogP contribution in [-0.4, -0.2) is 19.1 Å². The molecule has 21 heavy (non-hydrogen) atoms. The van der Waals surface area contributed by atoms with E-state index in [1.54, 1.807) is 0 Å². The third kappa shape index (κ3) is 3.96. The van der Waals surface area contributed by atoms with Crippen LogP contribution in [-0.2, 0) is 6.54 Å². The van der Waals surface area contributed by atoms with Crippen LogP contribution in [0.1, 0.15) is 29.9 Å². The number of rotatable bonds is 5. The number of nitrogens with one attached hydrogen (secondary N) is 1. The molecule has 1 aromatic carbocycles. The highest BCUT2D eigenvalue weighted by Crippen LogP contribution is 2.27. The van der Waals surface area contributed by atoms with Crippen LogP contribution in [0.15, 0.2) is 36.4 Å². The SMILES string of the molecule is CNC(C)c1ccc(N(C)Cc2cccc(C)n2)cc1Cl. The summed E-state index contributed by atoms with van der Waals surface area (Å²) in [5, 5.41) is 4.00. The Morgan fingerprint density at radius 1 is 1.29 bits per heavy atom. The first kappa shape index (κ1) is 15.8. The molecule has 0 saturated heterocycles. The van der Waals surface area contributed by atoms with Gasteiger partial charge in [0, 0.05) is 29.5 Å². The largest absolute Gasteiger partial charge is 0.369 e. The molecule has 0 radical (unpaired) electrons. The summed E-state index contributed by atoms with van der Waals surface area (Å²) in [7, 11) is 3.99. The minimum Gasteiger partial charge on any atom is -0.369 e. The second-order valence-electron chi connectivity index (χ2n) is 5.34. The summed E-state index contributed by atoms with van der Waals surface area (Å²) in [4.78, 5) is 6.69. The quantitative estimate of drug-likeness (QED) is 0.906. The average molecular weight is 304 g/mol. The number of benzene rings is 1. The first-order valence-corrected chi connectivity index (χ1v) is 7.49. The van der Waals surface area contributed by atoms with Crippen molar-refractivity contribution in [3.63, 3.8) is 0 Å². The third-order valence-corrected chi connectivity index (χ3v) is 4.00. The van der Waals surface area contributed by atoms with Gasteiger partial charge >= 0.3 is 0 Å². The van der Waals surface area contributed by atoms with E-state index in [0.29, 0.717) is 0 Å². The van der Waals surface area contributed by atoms with Crippen molar-refractivity contribution in [1.29, 1.82) is 0 Å². The van der Waals surface area contributed by atoms with Gasteiger partial charge < -0.3 is 10.2 Å². The molecule has 0 aliphatic carbocycles. The van der Waals surface area contributed by atoms with Gasteiger partial charge in [0.05, 0.1) is 12.2 Å². The molecule has 2 rings (SSSR count). The summed E-state index contributed by atoms with van der Waals surface area (Å²) in [6.45, 7) is 4.87. The normalized spacial score (nSPS) is 12.2. The van der Waals surface area contributed by atoms with Crippen molar-refractivity contribution in [2.75, 3.05) is 19.0 Å². The van der Waals surface area contributed by atoms with Gasteiger partial charge in [-0.05, 0) is 50.7 Å². The van der Waals surface area contributed by atoms with E-state index in [2.05, 4.69) is 41.3 Å². The Hall–Kier alpha value is -1.58. The number of nitrogens with zero attached hydrogens (tertiary/aromatic N) is 2. The van der Waals surface area contributed by atoms with E-state index < -0.39 is 0 Å². The standard InChI is InChI=1S/C17H22ClN3/c1-12-6-5-7-14(20-12)11-21(4)15-8-9-16(13(2)19-3)17(18)10-15/h5-10,13,19H,11H2,1-4H3. The highest BCUT2D eigenvalue weighted by Gasteiger charge is 2.10. The lowest BCUT2D eigenvalue weighted by atomic mass is 10.1.